The van der Waals surface area contributed by atoms with Crippen molar-refractivity contribution in [3.05, 3.63) is 0 Å². The summed E-state index contributed by atoms with van der Waals surface area (Å²) in [6, 6.07) is 0. The molecule has 0 saturated carbocycles. The number of halogens is 1. The fraction of sp³-hybridized carbons (Fsp3) is 1.00. The minimum atomic E-state index is 1.00. The minimum absolute atomic E-state index is 1.00. The van der Waals surface area contributed by atoms with Crippen molar-refractivity contribution in [3.63, 3.8) is 0 Å². The third-order valence-electron chi connectivity index (χ3n) is 2.54. The minimum Gasteiger partial charge on any atom is -0.317 e. The molecule has 1 N–H and O–H groups in total. The van der Waals surface area contributed by atoms with Gasteiger partial charge in [0.15, 0.2) is 0 Å². The second-order valence-corrected chi connectivity index (χ2v) is 5.31. The van der Waals surface area contributed by atoms with Crippen LogP contribution in [0.4, 0.5) is 0 Å². The van der Waals surface area contributed by atoms with Crippen LogP contribution in [-0.2, 0) is 0 Å². The van der Waals surface area contributed by atoms with Crippen LogP contribution in [0.5, 0.6) is 0 Å². The number of hydrogen-bond donors (Lipinski definition) is 1. The van der Waals surface area contributed by atoms with E-state index in [1.165, 1.54) is 45.3 Å². The molecule has 0 aromatic rings. The molecule has 3 heteroatoms. The van der Waals surface area contributed by atoms with Crippen LogP contribution < -0.4 is 5.32 Å². The zero-order valence-electron chi connectivity index (χ0n) is 7.85. The zero-order chi connectivity index (χ0) is 8.81. The van der Waals surface area contributed by atoms with Crippen molar-refractivity contribution in [2.45, 2.75) is 25.7 Å². The van der Waals surface area contributed by atoms with Gasteiger partial charge in [0.2, 0.25) is 0 Å². The second kappa shape index (κ2) is 6.16. The van der Waals surface area contributed by atoms with Gasteiger partial charge in [-0.15, -0.1) is 0 Å². The summed E-state index contributed by atoms with van der Waals surface area (Å²) in [5.74, 6) is 1.00. The Hall–Kier alpha value is 0.650. The van der Waals surface area contributed by atoms with Crippen LogP contribution in [0.15, 0.2) is 0 Å². The van der Waals surface area contributed by atoms with Crippen LogP contribution in [0.1, 0.15) is 25.7 Å². The Balaban J connectivity index is 1.98. The Morgan fingerprint density at radius 1 is 1.42 bits per heavy atom. The van der Waals surface area contributed by atoms with Crippen molar-refractivity contribution in [1.29, 1.82) is 0 Å². The maximum absolute atomic E-state index is 3.40. The highest BCUT2D eigenvalue weighted by Crippen LogP contribution is 2.17. The fourth-order valence-corrected chi connectivity index (χ4v) is 2.11. The molecular weight excluding hydrogens is 263 g/mol. The molecule has 2 nitrogen and oxygen atoms in total. The Morgan fingerprint density at radius 2 is 2.08 bits per heavy atom. The molecular formula is C9H19IN2. The maximum Gasteiger partial charge on any atom is 0.0198 e. The molecule has 0 amide bonds. The van der Waals surface area contributed by atoms with E-state index in [4.69, 9.17) is 0 Å². The van der Waals surface area contributed by atoms with Gasteiger partial charge in [0.1, 0.15) is 0 Å². The van der Waals surface area contributed by atoms with Gasteiger partial charge in [0, 0.05) is 29.4 Å². The van der Waals surface area contributed by atoms with Crippen molar-refractivity contribution in [1.82, 2.24) is 8.43 Å². The quantitative estimate of drug-likeness (QED) is 0.627. The van der Waals surface area contributed by atoms with Gasteiger partial charge in [0.05, 0.1) is 0 Å². The molecule has 72 valence electrons. The van der Waals surface area contributed by atoms with E-state index in [0.717, 1.165) is 5.92 Å². The summed E-state index contributed by atoms with van der Waals surface area (Å²) < 4.78 is 2.25. The summed E-state index contributed by atoms with van der Waals surface area (Å²) in [6.45, 7) is 3.72. The lowest BCUT2D eigenvalue weighted by Crippen LogP contribution is -2.28. The first-order valence-electron chi connectivity index (χ1n) is 4.86. The number of nitrogens with one attached hydrogen (secondary N) is 1. The van der Waals surface area contributed by atoms with E-state index < -0.39 is 0 Å². The fourth-order valence-electron chi connectivity index (χ4n) is 1.77. The van der Waals surface area contributed by atoms with Crippen molar-refractivity contribution in [3.8, 4) is 0 Å². The van der Waals surface area contributed by atoms with Gasteiger partial charge in [-0.1, -0.05) is 0 Å². The third kappa shape index (κ3) is 4.62. The van der Waals surface area contributed by atoms with Crippen molar-refractivity contribution < 1.29 is 0 Å². The molecule has 1 heterocycles. The molecule has 0 aliphatic carbocycles. The highest BCUT2D eigenvalue weighted by molar-refractivity contribution is 14.1. The molecule has 0 atom stereocenters. The summed E-state index contributed by atoms with van der Waals surface area (Å²) in [5, 5.41) is 3.40. The first-order chi connectivity index (χ1) is 5.79. The summed E-state index contributed by atoms with van der Waals surface area (Å²) >= 11 is 2.36. The molecule has 1 aliphatic heterocycles. The smallest absolute Gasteiger partial charge is 0.0198 e. The molecule has 1 saturated heterocycles. The second-order valence-electron chi connectivity index (χ2n) is 3.66. The van der Waals surface area contributed by atoms with Gasteiger partial charge >= 0.3 is 0 Å². The van der Waals surface area contributed by atoms with E-state index in [0.29, 0.717) is 0 Å². The molecule has 1 fully saturated rings. The van der Waals surface area contributed by atoms with Crippen LogP contribution >= 0.6 is 22.9 Å². The van der Waals surface area contributed by atoms with Crippen molar-refractivity contribution in [2.24, 2.45) is 5.92 Å². The molecule has 1 aliphatic rings. The molecule has 0 bridgehead atoms. The highest BCUT2D eigenvalue weighted by atomic mass is 127. The molecule has 0 aromatic carbocycles. The Morgan fingerprint density at radius 3 is 2.67 bits per heavy atom. The van der Waals surface area contributed by atoms with Gasteiger partial charge in [0.25, 0.3) is 0 Å². The van der Waals surface area contributed by atoms with E-state index in [1.54, 1.807) is 0 Å². The van der Waals surface area contributed by atoms with Crippen LogP contribution in [0, 0.1) is 5.92 Å². The summed E-state index contributed by atoms with van der Waals surface area (Å²) in [5.41, 5.74) is 0. The van der Waals surface area contributed by atoms with E-state index in [9.17, 15) is 0 Å². The van der Waals surface area contributed by atoms with E-state index >= 15 is 0 Å². The highest BCUT2D eigenvalue weighted by Gasteiger charge is 2.11. The normalized spacial score (nSPS) is 20.2. The Bertz CT molecular complexity index is 111. The Kier molecular flexibility index (Phi) is 5.50. The molecule has 12 heavy (non-hydrogen) atoms. The summed E-state index contributed by atoms with van der Waals surface area (Å²) in [4.78, 5) is 0. The lowest BCUT2D eigenvalue weighted by Gasteiger charge is -2.22. The predicted molar refractivity (Wildman–Crippen MR) is 61.5 cm³/mol. The van der Waals surface area contributed by atoms with Crippen molar-refractivity contribution in [2.75, 3.05) is 26.7 Å². The SMILES string of the molecule is CN(I)CCCC1CCNCC1. The van der Waals surface area contributed by atoms with Crippen molar-refractivity contribution >= 4 is 22.9 Å². The molecule has 0 radical (unpaired) electrons. The van der Waals surface area contributed by atoms with E-state index in [2.05, 4.69) is 38.3 Å². The average Bonchev–Trinajstić information content (AvgIpc) is 2.05. The van der Waals surface area contributed by atoms with Gasteiger partial charge in [-0.25, -0.2) is 0 Å². The van der Waals surface area contributed by atoms with E-state index in [-0.39, 0.29) is 0 Å². The number of piperidine rings is 1. The summed E-state index contributed by atoms with van der Waals surface area (Å²) in [7, 11) is 2.14. The van der Waals surface area contributed by atoms with E-state index in [1.807, 2.05) is 0 Å². The van der Waals surface area contributed by atoms with Crippen LogP contribution in [0.3, 0.4) is 0 Å². The lowest BCUT2D eigenvalue weighted by atomic mass is 9.93. The largest absolute Gasteiger partial charge is 0.317 e. The lowest BCUT2D eigenvalue weighted by molar-refractivity contribution is 0.340. The standard InChI is InChI=1S/C9H19IN2/c1-12(10)8-2-3-9-4-6-11-7-5-9/h9,11H,2-8H2,1H3. The Labute approximate surface area is 89.6 Å². The van der Waals surface area contributed by atoms with Gasteiger partial charge in [-0.05, 0) is 51.7 Å². The topological polar surface area (TPSA) is 15.3 Å². The predicted octanol–water partition coefficient (Wildman–Crippen LogP) is 2.05. The summed E-state index contributed by atoms with van der Waals surface area (Å²) in [6.07, 6.45) is 5.58. The first kappa shape index (κ1) is 10.7. The molecule has 1 rings (SSSR count). The maximum atomic E-state index is 3.40. The number of rotatable bonds is 4. The third-order valence-corrected chi connectivity index (χ3v) is 3.02. The molecule has 0 aromatic heterocycles. The molecule has 0 unspecified atom stereocenters. The van der Waals surface area contributed by atoms with Crippen LogP contribution in [0.2, 0.25) is 0 Å². The van der Waals surface area contributed by atoms with Gasteiger partial charge in [-0.2, -0.15) is 0 Å². The number of nitrogens with zero attached hydrogens (tertiary/aromatic N) is 1. The first-order valence-corrected chi connectivity index (χ1v) is 5.83. The van der Waals surface area contributed by atoms with Gasteiger partial charge < -0.3 is 5.32 Å². The van der Waals surface area contributed by atoms with Crippen LogP contribution in [0.25, 0.3) is 0 Å². The molecule has 0 spiro atoms. The number of hydrogen-bond acceptors (Lipinski definition) is 2. The zero-order valence-corrected chi connectivity index (χ0v) is 10.0. The van der Waals surface area contributed by atoms with Crippen LogP contribution in [-0.4, -0.2) is 29.8 Å². The average molecular weight is 282 g/mol. The van der Waals surface area contributed by atoms with Gasteiger partial charge in [-0.3, -0.25) is 3.11 Å². The monoisotopic (exact) mass is 282 g/mol.